The van der Waals surface area contributed by atoms with E-state index in [4.69, 9.17) is 16.7 Å². The van der Waals surface area contributed by atoms with Crippen LogP contribution in [0.1, 0.15) is 40.2 Å². The van der Waals surface area contributed by atoms with E-state index in [1.165, 1.54) is 12.1 Å². The number of aromatic carboxylic acids is 1. The molecule has 0 saturated heterocycles. The number of H-pyrrole nitrogens is 1. The maximum Gasteiger partial charge on any atom is 0.371 e. The number of hydrogen-bond donors (Lipinski definition) is 3. The Balaban J connectivity index is 1.95. The number of carbonyl (C=O) groups is 2. The molecule has 3 rings (SSSR count). The van der Waals surface area contributed by atoms with E-state index < -0.39 is 5.97 Å². The zero-order valence-electron chi connectivity index (χ0n) is 10.4. The first-order valence-electron chi connectivity index (χ1n) is 6.28. The molecule has 1 amide bonds. The normalized spacial score (nSPS) is 15.1. The summed E-state index contributed by atoms with van der Waals surface area (Å²) < 4.78 is 0. The minimum Gasteiger partial charge on any atom is -0.475 e. The number of carboxylic acid groups (broad SMARTS) is 1. The van der Waals surface area contributed by atoms with Gasteiger partial charge in [-0.05, 0) is 31.4 Å². The van der Waals surface area contributed by atoms with Crippen molar-refractivity contribution in [1.29, 1.82) is 0 Å². The third-order valence-electron chi connectivity index (χ3n) is 3.46. The number of fused-ring (bicyclic) bond motifs is 1. The number of nitrogens with zero attached hydrogens (tertiary/aromatic N) is 1. The van der Waals surface area contributed by atoms with Crippen LogP contribution in [0.25, 0.3) is 11.0 Å². The third kappa shape index (κ3) is 2.22. The molecular weight excluding hydrogens is 282 g/mol. The monoisotopic (exact) mass is 293 g/mol. The number of rotatable bonds is 3. The highest BCUT2D eigenvalue weighted by Gasteiger charge is 2.22. The van der Waals surface area contributed by atoms with Gasteiger partial charge in [-0.25, -0.2) is 9.78 Å². The van der Waals surface area contributed by atoms with Gasteiger partial charge in [-0.15, -0.1) is 0 Å². The van der Waals surface area contributed by atoms with Crippen LogP contribution in [0.3, 0.4) is 0 Å². The summed E-state index contributed by atoms with van der Waals surface area (Å²) in [7, 11) is 0. The van der Waals surface area contributed by atoms with Gasteiger partial charge in [0.1, 0.15) is 0 Å². The van der Waals surface area contributed by atoms with Crippen molar-refractivity contribution >= 4 is 34.5 Å². The number of amides is 1. The molecule has 3 N–H and O–H groups in total. The first-order chi connectivity index (χ1) is 9.54. The Labute approximate surface area is 119 Å². The van der Waals surface area contributed by atoms with E-state index in [0.717, 1.165) is 19.3 Å². The summed E-state index contributed by atoms with van der Waals surface area (Å²) in [6.07, 6.45) is 3.09. The predicted molar refractivity (Wildman–Crippen MR) is 73.2 cm³/mol. The number of carbonyl (C=O) groups excluding carboxylic acids is 1. The number of imidazole rings is 1. The predicted octanol–water partition coefficient (Wildman–Crippen LogP) is 2.20. The van der Waals surface area contributed by atoms with Crippen LogP contribution in [0.4, 0.5) is 0 Å². The second-order valence-corrected chi connectivity index (χ2v) is 5.25. The van der Waals surface area contributed by atoms with Crippen LogP contribution >= 0.6 is 11.6 Å². The Bertz CT molecular complexity index is 706. The van der Waals surface area contributed by atoms with Gasteiger partial charge in [-0.2, -0.15) is 0 Å². The van der Waals surface area contributed by atoms with E-state index in [1.807, 2.05) is 0 Å². The standard InChI is InChI=1S/C13H12ClN3O3/c14-8-5-10-9(16-11(17-10)13(19)20)4-7(8)12(18)15-6-2-1-3-6/h4-6H,1-3H2,(H,15,18)(H,16,17)(H,19,20). The lowest BCUT2D eigenvalue weighted by molar-refractivity contribution is 0.0685. The summed E-state index contributed by atoms with van der Waals surface area (Å²) in [5.41, 5.74) is 1.22. The first-order valence-corrected chi connectivity index (χ1v) is 6.66. The number of hydrogen-bond acceptors (Lipinski definition) is 3. The van der Waals surface area contributed by atoms with Crippen LogP contribution in [-0.2, 0) is 0 Å². The minimum absolute atomic E-state index is 0.174. The molecule has 7 heteroatoms. The first kappa shape index (κ1) is 12.9. The molecule has 0 spiro atoms. The molecule has 1 heterocycles. The van der Waals surface area contributed by atoms with Gasteiger partial charge in [-0.1, -0.05) is 11.6 Å². The molecule has 6 nitrogen and oxygen atoms in total. The molecule has 1 aliphatic rings. The second kappa shape index (κ2) is 4.79. The second-order valence-electron chi connectivity index (χ2n) is 4.84. The topological polar surface area (TPSA) is 95.1 Å². The highest BCUT2D eigenvalue weighted by atomic mass is 35.5. The fourth-order valence-corrected chi connectivity index (χ4v) is 2.37. The number of benzene rings is 1. The Morgan fingerprint density at radius 1 is 1.40 bits per heavy atom. The molecule has 0 atom stereocenters. The van der Waals surface area contributed by atoms with Gasteiger partial charge in [0.15, 0.2) is 0 Å². The summed E-state index contributed by atoms with van der Waals surface area (Å²) in [5.74, 6) is -1.58. The van der Waals surface area contributed by atoms with Crippen molar-refractivity contribution in [3.63, 3.8) is 0 Å². The Morgan fingerprint density at radius 2 is 2.15 bits per heavy atom. The van der Waals surface area contributed by atoms with E-state index in [0.29, 0.717) is 16.6 Å². The lowest BCUT2D eigenvalue weighted by atomic mass is 9.93. The van der Waals surface area contributed by atoms with Crippen LogP contribution in [-0.4, -0.2) is 33.0 Å². The quantitative estimate of drug-likeness (QED) is 0.808. The Kier molecular flexibility index (Phi) is 3.10. The van der Waals surface area contributed by atoms with E-state index in [2.05, 4.69) is 15.3 Å². The fraction of sp³-hybridized carbons (Fsp3) is 0.308. The van der Waals surface area contributed by atoms with Crippen LogP contribution in [0, 0.1) is 0 Å². The average molecular weight is 294 g/mol. The number of aromatic nitrogens is 2. The zero-order chi connectivity index (χ0) is 14.3. The van der Waals surface area contributed by atoms with Gasteiger partial charge >= 0.3 is 5.97 Å². The highest BCUT2D eigenvalue weighted by molar-refractivity contribution is 6.34. The van der Waals surface area contributed by atoms with E-state index in [-0.39, 0.29) is 22.8 Å². The lowest BCUT2D eigenvalue weighted by Crippen LogP contribution is -2.39. The van der Waals surface area contributed by atoms with Gasteiger partial charge in [0.05, 0.1) is 21.6 Å². The largest absolute Gasteiger partial charge is 0.475 e. The van der Waals surface area contributed by atoms with Crippen molar-refractivity contribution in [2.24, 2.45) is 0 Å². The lowest BCUT2D eigenvalue weighted by Gasteiger charge is -2.26. The molecule has 0 radical (unpaired) electrons. The molecule has 2 aromatic rings. The molecule has 1 fully saturated rings. The number of nitrogens with one attached hydrogen (secondary N) is 2. The van der Waals surface area contributed by atoms with Crippen molar-refractivity contribution in [2.45, 2.75) is 25.3 Å². The molecular formula is C13H12ClN3O3. The van der Waals surface area contributed by atoms with Crippen molar-refractivity contribution in [2.75, 3.05) is 0 Å². The Hall–Kier alpha value is -2.08. The van der Waals surface area contributed by atoms with E-state index >= 15 is 0 Å². The van der Waals surface area contributed by atoms with Gasteiger partial charge in [-0.3, -0.25) is 4.79 Å². The van der Waals surface area contributed by atoms with Crippen LogP contribution in [0.5, 0.6) is 0 Å². The molecule has 1 aromatic heterocycles. The van der Waals surface area contributed by atoms with E-state index in [9.17, 15) is 9.59 Å². The fourth-order valence-electron chi connectivity index (χ4n) is 2.12. The minimum atomic E-state index is -1.15. The molecule has 1 saturated carbocycles. The highest BCUT2D eigenvalue weighted by Crippen LogP contribution is 2.24. The smallest absolute Gasteiger partial charge is 0.371 e. The third-order valence-corrected chi connectivity index (χ3v) is 3.77. The van der Waals surface area contributed by atoms with Gasteiger partial charge in [0.25, 0.3) is 5.91 Å². The molecule has 1 aliphatic carbocycles. The van der Waals surface area contributed by atoms with E-state index in [1.54, 1.807) is 0 Å². The van der Waals surface area contributed by atoms with Crippen LogP contribution in [0.15, 0.2) is 12.1 Å². The molecule has 0 unspecified atom stereocenters. The summed E-state index contributed by atoms with van der Waals surface area (Å²) in [4.78, 5) is 29.5. The van der Waals surface area contributed by atoms with Gasteiger partial charge in [0.2, 0.25) is 5.82 Å². The average Bonchev–Trinajstić information content (AvgIpc) is 2.75. The zero-order valence-corrected chi connectivity index (χ0v) is 11.2. The van der Waals surface area contributed by atoms with Crippen LogP contribution < -0.4 is 5.32 Å². The number of aromatic amines is 1. The summed E-state index contributed by atoms with van der Waals surface area (Å²) in [6, 6.07) is 3.24. The number of carboxylic acids is 1. The molecule has 0 aliphatic heterocycles. The van der Waals surface area contributed by atoms with Gasteiger partial charge in [0, 0.05) is 6.04 Å². The van der Waals surface area contributed by atoms with Crippen molar-refractivity contribution in [3.05, 3.63) is 28.5 Å². The van der Waals surface area contributed by atoms with Crippen molar-refractivity contribution < 1.29 is 14.7 Å². The molecule has 104 valence electrons. The van der Waals surface area contributed by atoms with Gasteiger partial charge < -0.3 is 15.4 Å². The van der Waals surface area contributed by atoms with Crippen molar-refractivity contribution in [3.8, 4) is 0 Å². The summed E-state index contributed by atoms with van der Waals surface area (Å²) in [6.45, 7) is 0. The van der Waals surface area contributed by atoms with Crippen LogP contribution in [0.2, 0.25) is 5.02 Å². The maximum absolute atomic E-state index is 12.1. The van der Waals surface area contributed by atoms with Crippen molar-refractivity contribution in [1.82, 2.24) is 15.3 Å². The SMILES string of the molecule is O=C(O)c1nc2cc(C(=O)NC3CCC3)c(Cl)cc2[nH]1. The molecule has 1 aromatic carbocycles. The molecule has 20 heavy (non-hydrogen) atoms. The Morgan fingerprint density at radius 3 is 2.75 bits per heavy atom. The number of halogens is 1. The summed E-state index contributed by atoms with van der Waals surface area (Å²) in [5, 5.41) is 12.0. The maximum atomic E-state index is 12.1. The molecule has 0 bridgehead atoms. The summed E-state index contributed by atoms with van der Waals surface area (Å²) >= 11 is 6.08.